The Hall–Kier alpha value is -2.57. The zero-order chi connectivity index (χ0) is 19.4. The summed E-state index contributed by atoms with van der Waals surface area (Å²) in [6.07, 6.45) is 0.821. The number of para-hydroxylation sites is 1. The quantitative estimate of drug-likeness (QED) is 0.476. The summed E-state index contributed by atoms with van der Waals surface area (Å²) in [5.41, 5.74) is 0. The third kappa shape index (κ3) is 8.50. The highest BCUT2D eigenvalue weighted by atomic mass is 16.5. The van der Waals surface area contributed by atoms with Crippen molar-refractivity contribution in [2.75, 3.05) is 33.4 Å². The number of methoxy groups -OCH3 is 1. The van der Waals surface area contributed by atoms with E-state index in [2.05, 4.69) is 5.32 Å². The number of ether oxygens (including phenoxy) is 2. The molecule has 0 aliphatic rings. The lowest BCUT2D eigenvalue weighted by Gasteiger charge is -2.25. The molecule has 0 saturated carbocycles. The van der Waals surface area contributed by atoms with Crippen molar-refractivity contribution in [1.29, 1.82) is 0 Å². The molecule has 2 amide bonds. The summed E-state index contributed by atoms with van der Waals surface area (Å²) < 4.78 is 10.3. The molecule has 1 rings (SSSR count). The van der Waals surface area contributed by atoms with E-state index in [1.54, 1.807) is 11.8 Å². The van der Waals surface area contributed by atoms with Crippen molar-refractivity contribution < 1.29 is 23.9 Å². The average Bonchev–Trinajstić information content (AvgIpc) is 2.63. The Morgan fingerprint density at radius 2 is 1.88 bits per heavy atom. The average molecular weight is 364 g/mol. The molecule has 144 valence electrons. The van der Waals surface area contributed by atoms with E-state index in [1.807, 2.05) is 30.3 Å². The molecule has 1 atom stereocenters. The largest absolute Gasteiger partial charge is 0.493 e. The summed E-state index contributed by atoms with van der Waals surface area (Å²) in [5.74, 6) is -0.271. The topological polar surface area (TPSA) is 84.9 Å². The fourth-order valence-electron chi connectivity index (χ4n) is 2.39. The summed E-state index contributed by atoms with van der Waals surface area (Å²) in [7, 11) is 1.33. The van der Waals surface area contributed by atoms with Crippen LogP contribution in [0.15, 0.2) is 30.3 Å². The van der Waals surface area contributed by atoms with E-state index in [0.717, 1.165) is 0 Å². The van der Waals surface area contributed by atoms with Gasteiger partial charge in [-0.2, -0.15) is 0 Å². The number of hydrogen-bond donors (Lipinski definition) is 1. The fourth-order valence-corrected chi connectivity index (χ4v) is 2.39. The van der Waals surface area contributed by atoms with Gasteiger partial charge in [-0.25, -0.2) is 0 Å². The molecule has 1 N–H and O–H groups in total. The van der Waals surface area contributed by atoms with Crippen LogP contribution in [0.3, 0.4) is 0 Å². The Labute approximate surface area is 154 Å². The minimum atomic E-state index is -0.417. The number of rotatable bonds is 11. The molecule has 0 aromatic heterocycles. The third-order valence-electron chi connectivity index (χ3n) is 3.76. The molecule has 1 aromatic rings. The molecule has 7 heteroatoms. The number of nitrogens with one attached hydrogen (secondary N) is 1. The number of hydrogen-bond acceptors (Lipinski definition) is 5. The first-order chi connectivity index (χ1) is 12.4. The molecule has 0 saturated heterocycles. The van der Waals surface area contributed by atoms with Crippen molar-refractivity contribution in [3.05, 3.63) is 30.3 Å². The van der Waals surface area contributed by atoms with Crippen LogP contribution in [0.2, 0.25) is 0 Å². The predicted molar refractivity (Wildman–Crippen MR) is 97.6 cm³/mol. The highest BCUT2D eigenvalue weighted by Crippen LogP contribution is 2.10. The molecule has 0 spiro atoms. The SMILES string of the molecule is COC(=O)C(C)CN(CCCNC(C)=O)C(=O)CCOc1ccccc1. The van der Waals surface area contributed by atoms with Gasteiger partial charge in [-0.3, -0.25) is 14.4 Å². The van der Waals surface area contributed by atoms with Crippen LogP contribution in [0.25, 0.3) is 0 Å². The Morgan fingerprint density at radius 1 is 1.19 bits per heavy atom. The van der Waals surface area contributed by atoms with E-state index in [4.69, 9.17) is 9.47 Å². The van der Waals surface area contributed by atoms with Gasteiger partial charge in [0.05, 0.1) is 26.1 Å². The lowest BCUT2D eigenvalue weighted by atomic mass is 10.1. The molecule has 0 fully saturated rings. The Kier molecular flexibility index (Phi) is 9.82. The highest BCUT2D eigenvalue weighted by molar-refractivity contribution is 5.78. The van der Waals surface area contributed by atoms with Gasteiger partial charge in [0.1, 0.15) is 5.75 Å². The predicted octanol–water partition coefficient (Wildman–Crippen LogP) is 1.62. The van der Waals surface area contributed by atoms with Crippen molar-refractivity contribution in [2.24, 2.45) is 5.92 Å². The minimum absolute atomic E-state index is 0.0977. The molecular weight excluding hydrogens is 336 g/mol. The van der Waals surface area contributed by atoms with E-state index in [-0.39, 0.29) is 37.4 Å². The summed E-state index contributed by atoms with van der Waals surface area (Å²) in [5, 5.41) is 2.70. The van der Waals surface area contributed by atoms with E-state index >= 15 is 0 Å². The van der Waals surface area contributed by atoms with Gasteiger partial charge in [0, 0.05) is 26.6 Å². The fraction of sp³-hybridized carbons (Fsp3) is 0.526. The minimum Gasteiger partial charge on any atom is -0.493 e. The van der Waals surface area contributed by atoms with E-state index in [9.17, 15) is 14.4 Å². The molecule has 7 nitrogen and oxygen atoms in total. The zero-order valence-electron chi connectivity index (χ0n) is 15.7. The zero-order valence-corrected chi connectivity index (χ0v) is 15.7. The number of amides is 2. The monoisotopic (exact) mass is 364 g/mol. The molecular formula is C19H28N2O5. The number of carbonyl (C=O) groups excluding carboxylic acids is 3. The van der Waals surface area contributed by atoms with Crippen LogP contribution in [0, 0.1) is 5.92 Å². The summed E-state index contributed by atoms with van der Waals surface area (Å²) in [6.45, 7) is 4.64. The molecule has 0 aliphatic heterocycles. The van der Waals surface area contributed by atoms with Crippen molar-refractivity contribution in [2.45, 2.75) is 26.7 Å². The lowest BCUT2D eigenvalue weighted by Crippen LogP contribution is -2.39. The van der Waals surface area contributed by atoms with Gasteiger partial charge in [-0.15, -0.1) is 0 Å². The maximum Gasteiger partial charge on any atom is 0.310 e. The van der Waals surface area contributed by atoms with Gasteiger partial charge >= 0.3 is 5.97 Å². The smallest absolute Gasteiger partial charge is 0.310 e. The summed E-state index contributed by atoms with van der Waals surface area (Å²) >= 11 is 0. The first-order valence-corrected chi connectivity index (χ1v) is 8.72. The maximum absolute atomic E-state index is 12.5. The second kappa shape index (κ2) is 11.9. The molecule has 1 unspecified atom stereocenters. The third-order valence-corrected chi connectivity index (χ3v) is 3.76. The van der Waals surface area contributed by atoms with Crippen LogP contribution in [0.1, 0.15) is 26.7 Å². The number of carbonyl (C=O) groups is 3. The molecule has 26 heavy (non-hydrogen) atoms. The molecule has 0 heterocycles. The van der Waals surface area contributed by atoms with Gasteiger partial charge in [0.2, 0.25) is 11.8 Å². The van der Waals surface area contributed by atoms with Crippen LogP contribution < -0.4 is 10.1 Å². The van der Waals surface area contributed by atoms with Gasteiger partial charge in [0.15, 0.2) is 0 Å². The highest BCUT2D eigenvalue weighted by Gasteiger charge is 2.21. The Balaban J connectivity index is 2.52. The van der Waals surface area contributed by atoms with Gasteiger partial charge < -0.3 is 19.7 Å². The summed E-state index contributed by atoms with van der Waals surface area (Å²) in [4.78, 5) is 36.7. The Morgan fingerprint density at radius 3 is 2.50 bits per heavy atom. The van der Waals surface area contributed by atoms with Gasteiger partial charge in [-0.05, 0) is 18.6 Å². The molecule has 1 aromatic carbocycles. The first kappa shape index (κ1) is 21.5. The Bertz CT molecular complexity index is 577. The van der Waals surface area contributed by atoms with Crippen LogP contribution in [0.5, 0.6) is 5.75 Å². The van der Waals surface area contributed by atoms with Crippen molar-refractivity contribution in [3.8, 4) is 5.75 Å². The molecule has 0 bridgehead atoms. The first-order valence-electron chi connectivity index (χ1n) is 8.72. The van der Waals surface area contributed by atoms with Crippen LogP contribution in [0.4, 0.5) is 0 Å². The normalized spacial score (nSPS) is 11.3. The van der Waals surface area contributed by atoms with Crippen LogP contribution in [-0.2, 0) is 19.1 Å². The molecule has 0 aliphatic carbocycles. The van der Waals surface area contributed by atoms with Gasteiger partial charge in [-0.1, -0.05) is 25.1 Å². The van der Waals surface area contributed by atoms with E-state index in [1.165, 1.54) is 14.0 Å². The van der Waals surface area contributed by atoms with Crippen molar-refractivity contribution in [1.82, 2.24) is 10.2 Å². The maximum atomic E-state index is 12.5. The van der Waals surface area contributed by atoms with E-state index < -0.39 is 5.92 Å². The van der Waals surface area contributed by atoms with Crippen molar-refractivity contribution in [3.63, 3.8) is 0 Å². The number of nitrogens with zero attached hydrogens (tertiary/aromatic N) is 1. The van der Waals surface area contributed by atoms with Crippen LogP contribution in [-0.4, -0.2) is 56.0 Å². The number of esters is 1. The van der Waals surface area contributed by atoms with Crippen molar-refractivity contribution >= 4 is 17.8 Å². The molecule has 0 radical (unpaired) electrons. The van der Waals surface area contributed by atoms with E-state index in [0.29, 0.717) is 25.3 Å². The van der Waals surface area contributed by atoms with Gasteiger partial charge in [0.25, 0.3) is 0 Å². The number of benzene rings is 1. The summed E-state index contributed by atoms with van der Waals surface area (Å²) in [6, 6.07) is 9.28. The van der Waals surface area contributed by atoms with Crippen LogP contribution >= 0.6 is 0 Å². The standard InChI is InChI=1S/C19H28N2O5/c1-15(19(24)25-3)14-21(12-7-11-20-16(2)22)18(23)10-13-26-17-8-5-4-6-9-17/h4-6,8-9,15H,7,10-14H2,1-3H3,(H,20,22). The second-order valence-electron chi connectivity index (χ2n) is 6.01. The lowest BCUT2D eigenvalue weighted by molar-refractivity contribution is -0.146. The second-order valence-corrected chi connectivity index (χ2v) is 6.01.